The smallest absolute Gasteiger partial charge is 0.0613 e. The van der Waals surface area contributed by atoms with Crippen LogP contribution in [0, 0.1) is 0 Å². The van der Waals surface area contributed by atoms with Crippen LogP contribution in [0.3, 0.4) is 0 Å². The van der Waals surface area contributed by atoms with Crippen molar-refractivity contribution in [1.82, 2.24) is 4.57 Å². The van der Waals surface area contributed by atoms with Crippen LogP contribution in [0.15, 0.2) is 103 Å². The van der Waals surface area contributed by atoms with E-state index in [4.69, 9.17) is 0 Å². The van der Waals surface area contributed by atoms with Crippen molar-refractivity contribution < 1.29 is 0 Å². The number of thiophene rings is 1. The number of hydrogen-bond acceptors (Lipinski definition) is 1. The monoisotopic (exact) mass is 449 g/mol. The quantitative estimate of drug-likeness (QED) is 0.235. The van der Waals surface area contributed by atoms with Gasteiger partial charge in [0.25, 0.3) is 0 Å². The number of rotatable bonds is 1. The molecule has 0 atom stereocenters. The molecule has 5 aromatic carbocycles. The summed E-state index contributed by atoms with van der Waals surface area (Å²) < 4.78 is 5.14. The van der Waals surface area contributed by atoms with Crippen LogP contribution in [0.4, 0.5) is 0 Å². The van der Waals surface area contributed by atoms with Crippen molar-refractivity contribution in [3.05, 3.63) is 114 Å². The third kappa shape index (κ3) is 2.33. The van der Waals surface area contributed by atoms with E-state index in [-0.39, 0.29) is 0 Å². The van der Waals surface area contributed by atoms with E-state index < -0.39 is 0 Å². The molecule has 0 spiro atoms. The average molecular weight is 450 g/mol. The second kappa shape index (κ2) is 6.69. The highest BCUT2D eigenvalue weighted by molar-refractivity contribution is 7.25. The topological polar surface area (TPSA) is 4.93 Å². The average Bonchev–Trinajstić information content (AvgIpc) is 3.37. The fourth-order valence-electron chi connectivity index (χ4n) is 5.76. The van der Waals surface area contributed by atoms with E-state index in [2.05, 4.69) is 120 Å². The highest BCUT2D eigenvalue weighted by Gasteiger charge is 2.21. The molecular weight excluding hydrogens is 430 g/mol. The van der Waals surface area contributed by atoms with Gasteiger partial charge in [-0.05, 0) is 41.0 Å². The molecule has 34 heavy (non-hydrogen) atoms. The summed E-state index contributed by atoms with van der Waals surface area (Å²) in [6.07, 6.45) is 4.60. The summed E-state index contributed by atoms with van der Waals surface area (Å²) in [7, 11) is 0. The van der Waals surface area contributed by atoms with Gasteiger partial charge < -0.3 is 4.57 Å². The van der Waals surface area contributed by atoms with Crippen molar-refractivity contribution in [2.24, 2.45) is 0 Å². The molecule has 0 unspecified atom stereocenters. The lowest BCUT2D eigenvalue weighted by molar-refractivity contribution is 1.18. The van der Waals surface area contributed by atoms with E-state index in [1.807, 2.05) is 11.3 Å². The van der Waals surface area contributed by atoms with Crippen LogP contribution in [0.25, 0.3) is 70.9 Å². The number of hydrogen-bond donors (Lipinski definition) is 0. The zero-order valence-electron chi connectivity index (χ0n) is 18.3. The molecule has 0 saturated heterocycles. The van der Waals surface area contributed by atoms with Crippen molar-refractivity contribution in [2.75, 3.05) is 0 Å². The third-order valence-corrected chi connectivity index (χ3v) is 8.31. The van der Waals surface area contributed by atoms with Crippen LogP contribution in [0.1, 0.15) is 11.1 Å². The van der Waals surface area contributed by atoms with Gasteiger partial charge in [0.1, 0.15) is 0 Å². The summed E-state index contributed by atoms with van der Waals surface area (Å²) in [5.74, 6) is 0. The van der Waals surface area contributed by atoms with Crippen molar-refractivity contribution in [2.45, 2.75) is 0 Å². The second-order valence-electron chi connectivity index (χ2n) is 8.94. The number of fused-ring (bicyclic) bond motifs is 8. The largest absolute Gasteiger partial charge is 0.308 e. The highest BCUT2D eigenvalue weighted by atomic mass is 32.1. The number of para-hydroxylation sites is 2. The van der Waals surface area contributed by atoms with Gasteiger partial charge in [0, 0.05) is 36.5 Å². The zero-order valence-corrected chi connectivity index (χ0v) is 19.1. The predicted molar refractivity (Wildman–Crippen MR) is 148 cm³/mol. The summed E-state index contributed by atoms with van der Waals surface area (Å²) in [4.78, 5) is 0. The Hall–Kier alpha value is -4.14. The molecule has 1 aliphatic heterocycles. The summed E-state index contributed by atoms with van der Waals surface area (Å²) in [6.45, 7) is 0. The van der Waals surface area contributed by atoms with E-state index in [1.54, 1.807) is 0 Å². The van der Waals surface area contributed by atoms with Crippen LogP contribution in [-0.4, -0.2) is 4.57 Å². The second-order valence-corrected chi connectivity index (χ2v) is 10.0. The lowest BCUT2D eigenvalue weighted by Gasteiger charge is -2.15. The number of nitrogens with zero attached hydrogens (tertiary/aromatic N) is 1. The first-order valence-electron chi connectivity index (χ1n) is 11.6. The Labute approximate surface area is 200 Å². The van der Waals surface area contributed by atoms with Gasteiger partial charge in [0.15, 0.2) is 0 Å². The maximum Gasteiger partial charge on any atom is 0.0613 e. The third-order valence-electron chi connectivity index (χ3n) is 7.17. The van der Waals surface area contributed by atoms with Gasteiger partial charge in [-0.15, -0.1) is 11.3 Å². The molecule has 0 radical (unpaired) electrons. The SMILES string of the molecule is C1=Cc2cccc3c4ccccc4n(c23)-c2cccc(-c3cccc4sc5ccccc5c34)c21. The molecule has 158 valence electrons. The van der Waals surface area contributed by atoms with Crippen LogP contribution in [-0.2, 0) is 0 Å². The first kappa shape index (κ1) is 18.3. The molecule has 7 aromatic rings. The fraction of sp³-hybridized carbons (Fsp3) is 0. The molecular formula is C32H19NS. The van der Waals surface area contributed by atoms with Gasteiger partial charge in [-0.3, -0.25) is 0 Å². The van der Waals surface area contributed by atoms with Crippen molar-refractivity contribution >= 4 is 65.5 Å². The first-order valence-corrected chi connectivity index (χ1v) is 12.4. The molecule has 0 amide bonds. The molecule has 2 aromatic heterocycles. The molecule has 0 saturated carbocycles. The maximum atomic E-state index is 2.46. The van der Waals surface area contributed by atoms with E-state index in [0.717, 1.165) is 0 Å². The normalized spacial score (nSPS) is 12.6. The van der Waals surface area contributed by atoms with E-state index in [9.17, 15) is 0 Å². The fourth-order valence-corrected chi connectivity index (χ4v) is 6.89. The van der Waals surface area contributed by atoms with E-state index >= 15 is 0 Å². The van der Waals surface area contributed by atoms with E-state index in [0.29, 0.717) is 0 Å². The molecule has 3 heterocycles. The summed E-state index contributed by atoms with van der Waals surface area (Å²) in [5.41, 5.74) is 8.89. The van der Waals surface area contributed by atoms with Gasteiger partial charge in [0.05, 0.1) is 16.7 Å². The number of aromatic nitrogens is 1. The minimum atomic E-state index is 1.24. The summed E-state index contributed by atoms with van der Waals surface area (Å²) in [6, 6.07) is 37.7. The highest BCUT2D eigenvalue weighted by Crippen LogP contribution is 2.44. The van der Waals surface area contributed by atoms with E-state index in [1.165, 1.54) is 69.9 Å². The van der Waals surface area contributed by atoms with Crippen LogP contribution >= 0.6 is 11.3 Å². The zero-order chi connectivity index (χ0) is 22.2. The Bertz CT molecular complexity index is 1960. The van der Waals surface area contributed by atoms with Gasteiger partial charge >= 0.3 is 0 Å². The Morgan fingerprint density at radius 2 is 1.26 bits per heavy atom. The molecule has 8 rings (SSSR count). The molecule has 0 fully saturated rings. The van der Waals surface area contributed by atoms with Crippen LogP contribution in [0.5, 0.6) is 0 Å². The Morgan fingerprint density at radius 1 is 0.529 bits per heavy atom. The van der Waals surface area contributed by atoms with Crippen molar-refractivity contribution in [3.8, 4) is 16.8 Å². The summed E-state index contributed by atoms with van der Waals surface area (Å²) in [5, 5.41) is 5.30. The lowest BCUT2D eigenvalue weighted by atomic mass is 9.94. The molecule has 0 aliphatic carbocycles. The predicted octanol–water partition coefficient (Wildman–Crippen LogP) is 9.30. The van der Waals surface area contributed by atoms with Crippen LogP contribution < -0.4 is 0 Å². The van der Waals surface area contributed by atoms with Gasteiger partial charge in [-0.25, -0.2) is 0 Å². The van der Waals surface area contributed by atoms with Crippen LogP contribution in [0.2, 0.25) is 0 Å². The molecule has 1 aliphatic rings. The number of benzene rings is 5. The lowest BCUT2D eigenvalue weighted by Crippen LogP contribution is -1.98. The minimum absolute atomic E-state index is 1.24. The Morgan fingerprint density at radius 3 is 2.24 bits per heavy atom. The molecule has 1 nitrogen and oxygen atoms in total. The van der Waals surface area contributed by atoms with Gasteiger partial charge in [-0.2, -0.15) is 0 Å². The van der Waals surface area contributed by atoms with Crippen molar-refractivity contribution in [1.29, 1.82) is 0 Å². The minimum Gasteiger partial charge on any atom is -0.308 e. The molecule has 0 N–H and O–H groups in total. The standard InChI is InChI=1S/C32H19NS/c1-3-14-27-22(9-1)25-13-5-8-20-18-19-23-21(11-6-15-28(23)33(27)32(20)25)24-12-7-17-30-31(24)26-10-2-4-16-29(26)34-30/h1-19H. The maximum absolute atomic E-state index is 2.46. The Balaban J connectivity index is 1.52. The van der Waals surface area contributed by atoms with Gasteiger partial charge in [0.2, 0.25) is 0 Å². The van der Waals surface area contributed by atoms with Crippen molar-refractivity contribution in [3.63, 3.8) is 0 Å². The Kier molecular flexibility index (Phi) is 3.60. The first-order chi connectivity index (χ1) is 16.9. The van der Waals surface area contributed by atoms with Gasteiger partial charge in [-0.1, -0.05) is 91.0 Å². The molecule has 2 heteroatoms. The molecule has 0 bridgehead atoms. The summed E-state index contributed by atoms with van der Waals surface area (Å²) >= 11 is 1.88.